The molecule has 5 nitrogen and oxygen atoms in total. The molecule has 0 bridgehead atoms. The molecule has 158 valence electrons. The van der Waals surface area contributed by atoms with Crippen molar-refractivity contribution < 1.29 is 19.4 Å². The third-order valence-corrected chi connectivity index (χ3v) is 5.17. The van der Waals surface area contributed by atoms with Crippen LogP contribution in [0.3, 0.4) is 0 Å². The van der Waals surface area contributed by atoms with Crippen molar-refractivity contribution in [2.75, 3.05) is 13.7 Å². The smallest absolute Gasteiger partial charge is 0.305 e. The first-order valence-electron chi connectivity index (χ1n) is 10.7. The zero-order valence-corrected chi connectivity index (χ0v) is 17.8. The van der Waals surface area contributed by atoms with E-state index in [1.807, 2.05) is 24.0 Å². The number of esters is 1. The topological polar surface area (TPSA) is 66.8 Å². The van der Waals surface area contributed by atoms with Gasteiger partial charge in [-0.25, -0.2) is 0 Å². The summed E-state index contributed by atoms with van der Waals surface area (Å²) in [6.07, 6.45) is 11.5. The highest BCUT2D eigenvalue weighted by Crippen LogP contribution is 2.22. The molecule has 0 aromatic carbocycles. The molecule has 1 amide bonds. The van der Waals surface area contributed by atoms with E-state index < -0.39 is 6.10 Å². The van der Waals surface area contributed by atoms with E-state index in [1.165, 1.54) is 7.11 Å². The van der Waals surface area contributed by atoms with Crippen molar-refractivity contribution in [3.05, 3.63) is 12.2 Å². The standard InChI is InChI=1S/C23H37NO4/c1-4-5-6-9-12-19(2)21(25)16-14-20-15-17-22(26)24(20)18-11-8-7-10-13-23(27)28-3/h14,16,19-21,25H,4-5,7-8,10-13,15,17-18H2,1-3H3/b16-14+/t19?,20-,21?/m0/s1. The molecule has 1 aliphatic rings. The first-order chi connectivity index (χ1) is 13.5. The Morgan fingerprint density at radius 3 is 2.79 bits per heavy atom. The van der Waals surface area contributed by atoms with Gasteiger partial charge in [0.1, 0.15) is 0 Å². The minimum Gasteiger partial charge on any atom is -0.469 e. The van der Waals surface area contributed by atoms with Crippen molar-refractivity contribution in [3.8, 4) is 11.8 Å². The lowest BCUT2D eigenvalue weighted by Gasteiger charge is -2.23. The van der Waals surface area contributed by atoms with Gasteiger partial charge in [-0.15, -0.1) is 11.8 Å². The lowest BCUT2D eigenvalue weighted by Crippen LogP contribution is -2.33. The summed E-state index contributed by atoms with van der Waals surface area (Å²) in [6, 6.07) is 0.0793. The summed E-state index contributed by atoms with van der Waals surface area (Å²) in [6.45, 7) is 4.84. The van der Waals surface area contributed by atoms with Gasteiger partial charge in [0.05, 0.1) is 19.3 Å². The lowest BCUT2D eigenvalue weighted by molar-refractivity contribution is -0.140. The maximum Gasteiger partial charge on any atom is 0.305 e. The number of carbonyl (C=O) groups excluding carboxylic acids is 2. The number of amides is 1. The van der Waals surface area contributed by atoms with Crippen LogP contribution in [0.4, 0.5) is 0 Å². The number of aliphatic hydroxyl groups excluding tert-OH is 1. The largest absolute Gasteiger partial charge is 0.469 e. The van der Waals surface area contributed by atoms with Crippen LogP contribution in [0.1, 0.15) is 78.1 Å². The molecule has 0 saturated carbocycles. The van der Waals surface area contributed by atoms with Crippen LogP contribution in [-0.4, -0.2) is 47.7 Å². The Hall–Kier alpha value is -1.80. The Bertz CT molecular complexity index is 561. The van der Waals surface area contributed by atoms with Crippen LogP contribution in [0, 0.1) is 17.8 Å². The highest BCUT2D eigenvalue weighted by atomic mass is 16.5. The van der Waals surface area contributed by atoms with E-state index >= 15 is 0 Å². The van der Waals surface area contributed by atoms with Crippen molar-refractivity contribution in [1.29, 1.82) is 0 Å². The number of methoxy groups -OCH3 is 1. The van der Waals surface area contributed by atoms with Gasteiger partial charge in [0.2, 0.25) is 5.91 Å². The normalized spacial score (nSPS) is 18.8. The van der Waals surface area contributed by atoms with Crippen LogP contribution in [0.2, 0.25) is 0 Å². The number of carbonyl (C=O) groups is 2. The number of hydrogen-bond acceptors (Lipinski definition) is 4. The van der Waals surface area contributed by atoms with E-state index in [2.05, 4.69) is 23.5 Å². The van der Waals surface area contributed by atoms with Gasteiger partial charge in [-0.2, -0.15) is 0 Å². The first-order valence-corrected chi connectivity index (χ1v) is 10.7. The number of ether oxygens (including phenoxy) is 1. The molecule has 1 fully saturated rings. The molecule has 0 radical (unpaired) electrons. The summed E-state index contributed by atoms with van der Waals surface area (Å²) >= 11 is 0. The zero-order valence-electron chi connectivity index (χ0n) is 17.8. The molecule has 28 heavy (non-hydrogen) atoms. The number of nitrogens with zero attached hydrogens (tertiary/aromatic N) is 1. The van der Waals surface area contributed by atoms with E-state index in [-0.39, 0.29) is 23.8 Å². The molecule has 1 aliphatic heterocycles. The van der Waals surface area contributed by atoms with Crippen LogP contribution in [0.15, 0.2) is 12.2 Å². The number of aliphatic hydroxyl groups is 1. The maximum atomic E-state index is 12.2. The van der Waals surface area contributed by atoms with E-state index in [4.69, 9.17) is 0 Å². The second-order valence-electron chi connectivity index (χ2n) is 7.59. The summed E-state index contributed by atoms with van der Waals surface area (Å²) in [5, 5.41) is 10.3. The van der Waals surface area contributed by atoms with Gasteiger partial charge >= 0.3 is 5.97 Å². The number of likely N-dealkylation sites (tertiary alicyclic amines) is 1. The molecule has 1 heterocycles. The van der Waals surface area contributed by atoms with Gasteiger partial charge in [0, 0.05) is 32.2 Å². The Balaban J connectivity index is 2.36. The Morgan fingerprint density at radius 2 is 2.07 bits per heavy atom. The van der Waals surface area contributed by atoms with Gasteiger partial charge in [-0.05, 0) is 31.6 Å². The molecule has 0 spiro atoms. The maximum absolute atomic E-state index is 12.2. The number of hydrogen-bond donors (Lipinski definition) is 1. The van der Waals surface area contributed by atoms with Crippen molar-refractivity contribution >= 4 is 11.9 Å². The molecule has 1 rings (SSSR count). The van der Waals surface area contributed by atoms with Crippen LogP contribution in [0.25, 0.3) is 0 Å². The second kappa shape index (κ2) is 14.2. The summed E-state index contributed by atoms with van der Waals surface area (Å²) in [5.41, 5.74) is 0. The van der Waals surface area contributed by atoms with E-state index in [9.17, 15) is 14.7 Å². The zero-order chi connectivity index (χ0) is 20.8. The van der Waals surface area contributed by atoms with Crippen LogP contribution < -0.4 is 0 Å². The van der Waals surface area contributed by atoms with E-state index in [0.717, 1.165) is 51.5 Å². The highest BCUT2D eigenvalue weighted by molar-refractivity contribution is 5.79. The average molecular weight is 392 g/mol. The molecule has 1 saturated heterocycles. The lowest BCUT2D eigenvalue weighted by atomic mass is 9.99. The fraction of sp³-hybridized carbons (Fsp3) is 0.739. The van der Waals surface area contributed by atoms with Gasteiger partial charge in [-0.1, -0.05) is 38.8 Å². The highest BCUT2D eigenvalue weighted by Gasteiger charge is 2.28. The first kappa shape index (κ1) is 24.2. The fourth-order valence-electron chi connectivity index (χ4n) is 3.25. The summed E-state index contributed by atoms with van der Waals surface area (Å²) < 4.78 is 4.63. The summed E-state index contributed by atoms with van der Waals surface area (Å²) in [4.78, 5) is 25.2. The summed E-state index contributed by atoms with van der Waals surface area (Å²) in [5.74, 6) is 6.36. The molecule has 0 aromatic rings. The molecule has 1 N–H and O–H groups in total. The minimum atomic E-state index is -0.535. The van der Waals surface area contributed by atoms with E-state index in [0.29, 0.717) is 19.3 Å². The molecule has 3 atom stereocenters. The predicted octanol–water partition coefficient (Wildman–Crippen LogP) is 3.85. The monoisotopic (exact) mass is 391 g/mol. The van der Waals surface area contributed by atoms with Crippen LogP contribution >= 0.6 is 0 Å². The van der Waals surface area contributed by atoms with Crippen LogP contribution in [-0.2, 0) is 14.3 Å². The third kappa shape index (κ3) is 9.41. The quantitative estimate of drug-likeness (QED) is 0.237. The van der Waals surface area contributed by atoms with Crippen molar-refractivity contribution in [2.45, 2.75) is 90.2 Å². The van der Waals surface area contributed by atoms with Gasteiger partial charge < -0.3 is 14.7 Å². The van der Waals surface area contributed by atoms with Gasteiger partial charge in [-0.3, -0.25) is 9.59 Å². The minimum absolute atomic E-state index is 0.0793. The predicted molar refractivity (Wildman–Crippen MR) is 111 cm³/mol. The molecule has 0 aliphatic carbocycles. The van der Waals surface area contributed by atoms with Crippen LogP contribution in [0.5, 0.6) is 0 Å². The summed E-state index contributed by atoms with van der Waals surface area (Å²) in [7, 11) is 1.41. The van der Waals surface area contributed by atoms with Crippen molar-refractivity contribution in [1.82, 2.24) is 4.90 Å². The second-order valence-corrected chi connectivity index (χ2v) is 7.59. The molecule has 0 aromatic heterocycles. The number of unbranched alkanes of at least 4 members (excludes halogenated alkanes) is 4. The Labute approximate surface area is 170 Å². The van der Waals surface area contributed by atoms with Gasteiger partial charge in [0.25, 0.3) is 0 Å². The van der Waals surface area contributed by atoms with Gasteiger partial charge in [0.15, 0.2) is 0 Å². The van der Waals surface area contributed by atoms with E-state index in [1.54, 1.807) is 0 Å². The Morgan fingerprint density at radius 1 is 1.32 bits per heavy atom. The number of rotatable bonds is 12. The third-order valence-electron chi connectivity index (χ3n) is 5.17. The average Bonchev–Trinajstić information content (AvgIpc) is 3.05. The van der Waals surface area contributed by atoms with Crippen molar-refractivity contribution in [3.63, 3.8) is 0 Å². The molecule has 5 heteroatoms. The molecule has 2 unspecified atom stereocenters. The molecular formula is C23H37NO4. The fourth-order valence-corrected chi connectivity index (χ4v) is 3.25. The SMILES string of the molecule is CCCC#CCC(C)C(O)/C=C/[C@H]1CCC(=O)N1CCCCCCC(=O)OC. The Kier molecular flexibility index (Phi) is 12.3. The van der Waals surface area contributed by atoms with Crippen molar-refractivity contribution in [2.24, 2.45) is 5.92 Å². The molecular weight excluding hydrogens is 354 g/mol.